The molecule has 2 aliphatic heterocycles. The first-order valence-electron chi connectivity index (χ1n) is 3.90. The quantitative estimate of drug-likeness (QED) is 0.591. The molecule has 0 atom stereocenters. The largest absolute Gasteiger partial charge is 0.454 e. The lowest BCUT2D eigenvalue weighted by Gasteiger charge is -2.10. The summed E-state index contributed by atoms with van der Waals surface area (Å²) < 4.78 is 5.19. The van der Waals surface area contributed by atoms with E-state index in [0.717, 1.165) is 5.70 Å². The molecule has 0 aromatic rings. The van der Waals surface area contributed by atoms with Gasteiger partial charge in [-0.15, -0.1) is 5.11 Å². The van der Waals surface area contributed by atoms with Crippen LogP contribution in [0.1, 0.15) is 13.8 Å². The van der Waals surface area contributed by atoms with E-state index >= 15 is 0 Å². The van der Waals surface area contributed by atoms with Crippen molar-refractivity contribution in [3.63, 3.8) is 0 Å². The normalized spacial score (nSPS) is 24.5. The van der Waals surface area contributed by atoms with Crippen LogP contribution < -0.4 is 5.32 Å². The van der Waals surface area contributed by atoms with Crippen LogP contribution in [0.5, 0.6) is 0 Å². The number of allylic oxidation sites excluding steroid dienone is 1. The van der Waals surface area contributed by atoms with Crippen LogP contribution in [0.15, 0.2) is 34.0 Å². The molecule has 0 saturated carbocycles. The maximum absolute atomic E-state index is 5.19. The van der Waals surface area contributed by atoms with E-state index in [4.69, 9.17) is 4.74 Å². The van der Waals surface area contributed by atoms with Crippen molar-refractivity contribution in [3.8, 4) is 0 Å². The van der Waals surface area contributed by atoms with Gasteiger partial charge in [-0.2, -0.15) is 5.11 Å². The Morgan fingerprint density at radius 2 is 2.42 bits per heavy atom. The molecule has 4 nitrogen and oxygen atoms in total. The second-order valence-corrected chi connectivity index (χ2v) is 3.37. The van der Waals surface area contributed by atoms with Crippen molar-refractivity contribution in [2.24, 2.45) is 10.2 Å². The molecule has 2 aliphatic rings. The lowest BCUT2D eigenvalue weighted by atomic mass is 10.1. The van der Waals surface area contributed by atoms with Crippen molar-refractivity contribution >= 4 is 0 Å². The molecular formula is C8H11N3O. The topological polar surface area (TPSA) is 46.0 Å². The van der Waals surface area contributed by atoms with Gasteiger partial charge in [-0.25, -0.2) is 0 Å². The second-order valence-electron chi connectivity index (χ2n) is 3.37. The Labute approximate surface area is 71.0 Å². The van der Waals surface area contributed by atoms with Gasteiger partial charge in [0.25, 0.3) is 5.88 Å². The zero-order valence-electron chi connectivity index (χ0n) is 7.16. The van der Waals surface area contributed by atoms with E-state index in [1.807, 2.05) is 26.0 Å². The van der Waals surface area contributed by atoms with Crippen LogP contribution >= 0.6 is 0 Å². The fourth-order valence-corrected chi connectivity index (χ4v) is 1.04. The molecule has 1 N–H and O–H groups in total. The molecule has 0 aromatic carbocycles. The molecule has 0 spiro atoms. The van der Waals surface area contributed by atoms with Crippen LogP contribution in [0.2, 0.25) is 0 Å². The molecule has 64 valence electrons. The Kier molecular flexibility index (Phi) is 1.43. The highest BCUT2D eigenvalue weighted by Gasteiger charge is 2.20. The summed E-state index contributed by atoms with van der Waals surface area (Å²) >= 11 is 0. The molecule has 0 fully saturated rings. The predicted molar refractivity (Wildman–Crippen MR) is 44.2 cm³/mol. The van der Waals surface area contributed by atoms with E-state index < -0.39 is 0 Å². The Morgan fingerprint density at radius 3 is 3.25 bits per heavy atom. The highest BCUT2D eigenvalue weighted by Crippen LogP contribution is 2.22. The number of azo groups is 1. The molecule has 12 heavy (non-hydrogen) atoms. The van der Waals surface area contributed by atoms with Gasteiger partial charge in [-0.1, -0.05) is 6.08 Å². The standard InChI is InChI=1S/C8H11N3O/c1-8(2)4-3-6-7(10-11-8)12-5-9-6/h3-4,9H,5H2,1-2H3. The lowest BCUT2D eigenvalue weighted by molar-refractivity contribution is 0.226. The minimum absolute atomic E-state index is 0.227. The Balaban J connectivity index is 2.34. The maximum Gasteiger partial charge on any atom is 0.258 e. The first kappa shape index (κ1) is 7.34. The van der Waals surface area contributed by atoms with Gasteiger partial charge in [-0.3, -0.25) is 0 Å². The minimum atomic E-state index is -0.227. The third-order valence-electron chi connectivity index (χ3n) is 1.76. The van der Waals surface area contributed by atoms with Gasteiger partial charge >= 0.3 is 0 Å². The summed E-state index contributed by atoms with van der Waals surface area (Å²) in [5, 5.41) is 11.2. The van der Waals surface area contributed by atoms with E-state index in [2.05, 4.69) is 15.5 Å². The van der Waals surface area contributed by atoms with Gasteiger partial charge in [0.15, 0.2) is 6.73 Å². The van der Waals surface area contributed by atoms with E-state index in [0.29, 0.717) is 12.6 Å². The van der Waals surface area contributed by atoms with Crippen LogP contribution in [0.25, 0.3) is 0 Å². The van der Waals surface area contributed by atoms with Crippen molar-refractivity contribution < 1.29 is 4.74 Å². The average Bonchev–Trinajstić information content (AvgIpc) is 2.40. The highest BCUT2D eigenvalue weighted by molar-refractivity contribution is 5.26. The van der Waals surface area contributed by atoms with E-state index in [9.17, 15) is 0 Å². The van der Waals surface area contributed by atoms with Crippen LogP contribution in [-0.4, -0.2) is 12.3 Å². The van der Waals surface area contributed by atoms with Gasteiger partial charge in [0.05, 0.1) is 5.54 Å². The summed E-state index contributed by atoms with van der Waals surface area (Å²) in [5.74, 6) is 0.594. The Hall–Kier alpha value is -1.32. The number of hydrogen-bond donors (Lipinski definition) is 1. The maximum atomic E-state index is 5.19. The average molecular weight is 165 g/mol. The van der Waals surface area contributed by atoms with E-state index in [1.54, 1.807) is 0 Å². The summed E-state index contributed by atoms with van der Waals surface area (Å²) in [6.07, 6.45) is 3.96. The molecule has 0 amide bonds. The van der Waals surface area contributed by atoms with E-state index in [1.165, 1.54) is 0 Å². The summed E-state index contributed by atoms with van der Waals surface area (Å²) in [6, 6.07) is 0. The van der Waals surface area contributed by atoms with Crippen molar-refractivity contribution in [2.75, 3.05) is 6.73 Å². The molecular weight excluding hydrogens is 154 g/mol. The first-order chi connectivity index (χ1) is 5.67. The zero-order chi connectivity index (χ0) is 8.60. The smallest absolute Gasteiger partial charge is 0.258 e. The van der Waals surface area contributed by atoms with Gasteiger partial charge < -0.3 is 10.1 Å². The molecule has 0 bridgehead atoms. The highest BCUT2D eigenvalue weighted by atomic mass is 16.5. The number of ether oxygens (including phenoxy) is 1. The third-order valence-corrected chi connectivity index (χ3v) is 1.76. The number of nitrogens with zero attached hydrogens (tertiary/aromatic N) is 2. The monoisotopic (exact) mass is 165 g/mol. The first-order valence-corrected chi connectivity index (χ1v) is 3.90. The molecule has 0 aliphatic carbocycles. The van der Waals surface area contributed by atoms with Gasteiger partial charge in [0, 0.05) is 0 Å². The Bertz CT molecular complexity index is 263. The Morgan fingerprint density at radius 1 is 1.58 bits per heavy atom. The molecule has 0 saturated heterocycles. The fourth-order valence-electron chi connectivity index (χ4n) is 1.04. The molecule has 2 rings (SSSR count). The van der Waals surface area contributed by atoms with Crippen LogP contribution in [0, 0.1) is 0 Å². The van der Waals surface area contributed by atoms with Crippen molar-refractivity contribution in [1.29, 1.82) is 0 Å². The molecule has 0 radical (unpaired) electrons. The number of nitrogens with one attached hydrogen (secondary N) is 1. The lowest BCUT2D eigenvalue weighted by Crippen LogP contribution is -2.12. The van der Waals surface area contributed by atoms with E-state index in [-0.39, 0.29) is 5.54 Å². The number of rotatable bonds is 0. The third kappa shape index (κ3) is 1.20. The molecule has 0 unspecified atom stereocenters. The summed E-state index contributed by atoms with van der Waals surface area (Å²) in [6.45, 7) is 4.48. The molecule has 0 aromatic heterocycles. The summed E-state index contributed by atoms with van der Waals surface area (Å²) in [5.41, 5.74) is 0.694. The molecule has 4 heteroatoms. The van der Waals surface area contributed by atoms with Crippen molar-refractivity contribution in [1.82, 2.24) is 5.32 Å². The van der Waals surface area contributed by atoms with Crippen LogP contribution in [0.4, 0.5) is 0 Å². The van der Waals surface area contributed by atoms with Gasteiger partial charge in [0.2, 0.25) is 0 Å². The van der Waals surface area contributed by atoms with Crippen molar-refractivity contribution in [2.45, 2.75) is 19.4 Å². The van der Waals surface area contributed by atoms with Crippen LogP contribution in [-0.2, 0) is 4.74 Å². The van der Waals surface area contributed by atoms with Gasteiger partial charge in [-0.05, 0) is 19.9 Å². The fraction of sp³-hybridized carbons (Fsp3) is 0.500. The summed E-state index contributed by atoms with van der Waals surface area (Å²) in [7, 11) is 0. The zero-order valence-corrected chi connectivity index (χ0v) is 7.16. The van der Waals surface area contributed by atoms with Crippen LogP contribution in [0.3, 0.4) is 0 Å². The van der Waals surface area contributed by atoms with Crippen molar-refractivity contribution in [3.05, 3.63) is 23.7 Å². The minimum Gasteiger partial charge on any atom is -0.454 e. The second kappa shape index (κ2) is 2.33. The molecule has 2 heterocycles. The summed E-state index contributed by atoms with van der Waals surface area (Å²) in [4.78, 5) is 0. The van der Waals surface area contributed by atoms with Gasteiger partial charge in [0.1, 0.15) is 5.70 Å². The SMILES string of the molecule is CC1(C)C=CC2=C(N=N1)OCN2. The predicted octanol–water partition coefficient (Wildman–Crippen LogP) is 1.53. The number of hydrogen-bond acceptors (Lipinski definition) is 4.